The minimum Gasteiger partial charge on any atom is -0.269 e. The molecule has 0 radical (unpaired) electrons. The van der Waals surface area contributed by atoms with Crippen molar-refractivity contribution >= 4 is 19.1 Å². The molecule has 0 saturated heterocycles. The number of rotatable bonds is 2. The molecule has 0 amide bonds. The van der Waals surface area contributed by atoms with Crippen LogP contribution < -0.4 is 0 Å². The van der Waals surface area contributed by atoms with E-state index in [0.29, 0.717) is 5.92 Å². The molecule has 48 valence electrons. The highest BCUT2D eigenvalue weighted by atomic mass is 35.5. The summed E-state index contributed by atoms with van der Waals surface area (Å²) in [6, 6.07) is 0. The fraction of sp³-hybridized carbons (Fsp3) is 0.500. The lowest BCUT2D eigenvalue weighted by atomic mass is 10.2. The summed E-state index contributed by atoms with van der Waals surface area (Å²) in [6.45, 7) is 11.1. The van der Waals surface area contributed by atoms with Gasteiger partial charge in [0.2, 0.25) is 0 Å². The number of hydrogen-bond acceptors (Lipinski definition) is 1. The molecule has 0 fully saturated rings. The lowest BCUT2D eigenvalue weighted by molar-refractivity contribution is 0.764. The SMILES string of the molecule is C=NC(=C)C(C)C.Cl. The lowest BCUT2D eigenvalue weighted by Gasteiger charge is -1.98. The highest BCUT2D eigenvalue weighted by molar-refractivity contribution is 5.85. The Kier molecular flexibility index (Phi) is 6.45. The van der Waals surface area contributed by atoms with Gasteiger partial charge in [-0.05, 0) is 12.6 Å². The molecule has 0 aliphatic carbocycles. The van der Waals surface area contributed by atoms with Gasteiger partial charge in [-0.1, -0.05) is 20.4 Å². The van der Waals surface area contributed by atoms with Crippen LogP contribution in [0.4, 0.5) is 0 Å². The molecule has 1 nitrogen and oxygen atoms in total. The maximum atomic E-state index is 3.64. The van der Waals surface area contributed by atoms with Crippen molar-refractivity contribution in [3.05, 3.63) is 12.3 Å². The third-order valence-electron chi connectivity index (χ3n) is 0.870. The Morgan fingerprint density at radius 3 is 1.88 bits per heavy atom. The average Bonchev–Trinajstić information content (AvgIpc) is 1.65. The van der Waals surface area contributed by atoms with E-state index in [1.54, 1.807) is 0 Å². The average molecular weight is 134 g/mol. The smallest absolute Gasteiger partial charge is 0.0350 e. The van der Waals surface area contributed by atoms with Crippen molar-refractivity contribution in [2.75, 3.05) is 0 Å². The highest BCUT2D eigenvalue weighted by Crippen LogP contribution is 2.04. The number of halogens is 1. The largest absolute Gasteiger partial charge is 0.269 e. The summed E-state index contributed by atoms with van der Waals surface area (Å²) in [6.07, 6.45) is 0. The lowest BCUT2D eigenvalue weighted by Crippen LogP contribution is -1.85. The van der Waals surface area contributed by atoms with E-state index >= 15 is 0 Å². The Hall–Kier alpha value is -0.300. The van der Waals surface area contributed by atoms with Gasteiger partial charge in [-0.3, -0.25) is 4.99 Å². The van der Waals surface area contributed by atoms with Crippen LogP contribution in [0.3, 0.4) is 0 Å². The van der Waals surface area contributed by atoms with Crippen molar-refractivity contribution in [3.63, 3.8) is 0 Å². The van der Waals surface area contributed by atoms with Crippen molar-refractivity contribution in [3.8, 4) is 0 Å². The first-order valence-corrected chi connectivity index (χ1v) is 2.34. The van der Waals surface area contributed by atoms with E-state index < -0.39 is 0 Å². The molecule has 8 heavy (non-hydrogen) atoms. The number of nitrogens with zero attached hydrogens (tertiary/aromatic N) is 1. The summed E-state index contributed by atoms with van der Waals surface area (Å²) in [4.78, 5) is 3.64. The van der Waals surface area contributed by atoms with Gasteiger partial charge in [-0.25, -0.2) is 0 Å². The van der Waals surface area contributed by atoms with Crippen LogP contribution in [0.5, 0.6) is 0 Å². The predicted molar refractivity (Wildman–Crippen MR) is 40.8 cm³/mol. The summed E-state index contributed by atoms with van der Waals surface area (Å²) >= 11 is 0. The van der Waals surface area contributed by atoms with Gasteiger partial charge in [-0.2, -0.15) is 0 Å². The summed E-state index contributed by atoms with van der Waals surface area (Å²) in [7, 11) is 0. The number of aliphatic imine (C=N–C) groups is 1. The summed E-state index contributed by atoms with van der Waals surface area (Å²) in [5.74, 6) is 0.442. The first-order valence-electron chi connectivity index (χ1n) is 2.34. The first-order chi connectivity index (χ1) is 3.18. The molecule has 0 N–H and O–H groups in total. The van der Waals surface area contributed by atoms with Crippen molar-refractivity contribution in [1.29, 1.82) is 0 Å². The zero-order valence-electron chi connectivity index (χ0n) is 5.35. The Labute approximate surface area is 56.9 Å². The Morgan fingerprint density at radius 1 is 1.50 bits per heavy atom. The van der Waals surface area contributed by atoms with E-state index in [-0.39, 0.29) is 12.4 Å². The molecule has 0 aliphatic heterocycles. The molecular formula is C6H12ClN. The second kappa shape index (κ2) is 4.85. The van der Waals surface area contributed by atoms with Crippen LogP contribution in [0.1, 0.15) is 13.8 Å². The monoisotopic (exact) mass is 133 g/mol. The first kappa shape index (κ1) is 10.6. The maximum absolute atomic E-state index is 3.64. The second-order valence-electron chi connectivity index (χ2n) is 1.80. The van der Waals surface area contributed by atoms with Gasteiger partial charge in [-0.15, -0.1) is 12.4 Å². The van der Waals surface area contributed by atoms with Gasteiger partial charge < -0.3 is 0 Å². The van der Waals surface area contributed by atoms with Crippen LogP contribution in [0, 0.1) is 5.92 Å². The zero-order chi connectivity index (χ0) is 5.86. The van der Waals surface area contributed by atoms with E-state index in [4.69, 9.17) is 0 Å². The van der Waals surface area contributed by atoms with Crippen LogP contribution in [0.25, 0.3) is 0 Å². The van der Waals surface area contributed by atoms with Gasteiger partial charge in [0.25, 0.3) is 0 Å². The molecule has 0 rings (SSSR count). The second-order valence-corrected chi connectivity index (χ2v) is 1.80. The van der Waals surface area contributed by atoms with E-state index in [9.17, 15) is 0 Å². The number of allylic oxidation sites excluding steroid dienone is 1. The fourth-order valence-electron chi connectivity index (χ4n) is 0.183. The Bertz CT molecular complexity index is 86.5. The third-order valence-corrected chi connectivity index (χ3v) is 0.870. The third kappa shape index (κ3) is 3.88. The molecule has 0 heterocycles. The minimum absolute atomic E-state index is 0. The molecule has 0 unspecified atom stereocenters. The standard InChI is InChI=1S/C6H11N.ClH/c1-5(2)6(3)7-4;/h5H,3-4H2,1-2H3;1H. The molecule has 0 aromatic carbocycles. The van der Waals surface area contributed by atoms with Gasteiger partial charge in [0, 0.05) is 5.70 Å². The maximum Gasteiger partial charge on any atom is 0.0350 e. The van der Waals surface area contributed by atoms with Crippen molar-refractivity contribution in [2.45, 2.75) is 13.8 Å². The summed E-state index contributed by atoms with van der Waals surface area (Å²) in [5, 5.41) is 0. The molecule has 0 saturated carbocycles. The highest BCUT2D eigenvalue weighted by Gasteiger charge is 1.92. The summed E-state index contributed by atoms with van der Waals surface area (Å²) < 4.78 is 0. The molecule has 0 spiro atoms. The fourth-order valence-corrected chi connectivity index (χ4v) is 0.183. The quantitative estimate of drug-likeness (QED) is 0.513. The minimum atomic E-state index is 0. The molecule has 2 heteroatoms. The molecular weight excluding hydrogens is 122 g/mol. The van der Waals surface area contributed by atoms with Gasteiger partial charge in [0.1, 0.15) is 0 Å². The Morgan fingerprint density at radius 2 is 1.88 bits per heavy atom. The van der Waals surface area contributed by atoms with Gasteiger partial charge in [0.05, 0.1) is 0 Å². The van der Waals surface area contributed by atoms with Gasteiger partial charge in [0.15, 0.2) is 0 Å². The molecule has 0 bridgehead atoms. The number of hydrogen-bond donors (Lipinski definition) is 0. The molecule has 0 aliphatic rings. The molecule has 0 atom stereocenters. The van der Waals surface area contributed by atoms with Gasteiger partial charge >= 0.3 is 0 Å². The van der Waals surface area contributed by atoms with Crippen LogP contribution in [-0.4, -0.2) is 6.72 Å². The van der Waals surface area contributed by atoms with Crippen molar-refractivity contribution in [2.24, 2.45) is 10.9 Å². The van der Waals surface area contributed by atoms with Crippen molar-refractivity contribution in [1.82, 2.24) is 0 Å². The predicted octanol–water partition coefficient (Wildman–Crippen LogP) is 2.28. The van der Waals surface area contributed by atoms with E-state index in [1.165, 1.54) is 0 Å². The Balaban J connectivity index is 0. The topological polar surface area (TPSA) is 12.4 Å². The van der Waals surface area contributed by atoms with Crippen LogP contribution in [0.15, 0.2) is 17.3 Å². The summed E-state index contributed by atoms with van der Waals surface area (Å²) in [5.41, 5.74) is 0.861. The van der Waals surface area contributed by atoms with E-state index in [1.807, 2.05) is 13.8 Å². The molecule has 0 aromatic rings. The zero-order valence-corrected chi connectivity index (χ0v) is 6.16. The normalized spacial score (nSPS) is 7.88. The molecule has 0 aromatic heterocycles. The van der Waals surface area contributed by atoms with Crippen LogP contribution in [-0.2, 0) is 0 Å². The van der Waals surface area contributed by atoms with Crippen LogP contribution in [0.2, 0.25) is 0 Å². The van der Waals surface area contributed by atoms with E-state index in [2.05, 4.69) is 18.3 Å². The van der Waals surface area contributed by atoms with E-state index in [0.717, 1.165) is 5.70 Å². The van der Waals surface area contributed by atoms with Crippen molar-refractivity contribution < 1.29 is 0 Å². The van der Waals surface area contributed by atoms with Crippen LogP contribution >= 0.6 is 12.4 Å².